The van der Waals surface area contributed by atoms with Crippen molar-refractivity contribution in [1.82, 2.24) is 10.2 Å². The minimum atomic E-state index is -0.225. The molecule has 0 aliphatic carbocycles. The highest BCUT2D eigenvalue weighted by Crippen LogP contribution is 2.15. The lowest BCUT2D eigenvalue weighted by molar-refractivity contribution is 0.248. The summed E-state index contributed by atoms with van der Waals surface area (Å²) in [5, 5.41) is 14.6. The maximum Gasteiger partial charge on any atom is 0.319 e. The Bertz CT molecular complexity index is 739. The molecule has 1 unspecified atom stereocenters. The van der Waals surface area contributed by atoms with E-state index in [0.717, 1.165) is 24.1 Å². The number of rotatable bonds is 4. The van der Waals surface area contributed by atoms with Crippen LogP contribution in [-0.2, 0) is 6.42 Å². The molecule has 0 spiro atoms. The quantitative estimate of drug-likeness (QED) is 0.851. The molecule has 5 heteroatoms. The van der Waals surface area contributed by atoms with Gasteiger partial charge in [0.05, 0.1) is 6.04 Å². The molecule has 1 saturated heterocycles. The fourth-order valence-corrected chi connectivity index (χ4v) is 2.91. The fraction of sp³-hybridized carbons (Fsp3) is 0.263. The minimum Gasteiger partial charge on any atom is -0.333 e. The molecule has 2 N–H and O–H groups in total. The number of likely N-dealkylation sites (tertiary alicyclic amines) is 1. The van der Waals surface area contributed by atoms with Gasteiger partial charge in [0.15, 0.2) is 6.19 Å². The molecule has 1 fully saturated rings. The van der Waals surface area contributed by atoms with E-state index in [1.807, 2.05) is 36.4 Å². The van der Waals surface area contributed by atoms with Gasteiger partial charge < -0.3 is 15.5 Å². The van der Waals surface area contributed by atoms with Crippen molar-refractivity contribution in [2.45, 2.75) is 18.9 Å². The zero-order valence-electron chi connectivity index (χ0n) is 13.4. The number of carbonyl (C=O) groups excluding carboxylic acids is 1. The Morgan fingerprint density at radius 1 is 1.17 bits per heavy atom. The highest BCUT2D eigenvalue weighted by atomic mass is 16.2. The third-order valence-electron chi connectivity index (χ3n) is 4.10. The van der Waals surface area contributed by atoms with Gasteiger partial charge in [0.2, 0.25) is 0 Å². The van der Waals surface area contributed by atoms with Gasteiger partial charge in [0.1, 0.15) is 0 Å². The molecule has 24 heavy (non-hydrogen) atoms. The third kappa shape index (κ3) is 4.26. The lowest BCUT2D eigenvalue weighted by atomic mass is 10.0. The number of anilines is 1. The molecule has 0 aromatic heterocycles. The second kappa shape index (κ2) is 7.51. The Labute approximate surface area is 141 Å². The topological polar surface area (TPSA) is 68.2 Å². The number of nitrogens with one attached hydrogen (secondary N) is 2. The highest BCUT2D eigenvalue weighted by molar-refractivity contribution is 5.89. The van der Waals surface area contributed by atoms with Gasteiger partial charge >= 0.3 is 6.03 Å². The number of nitriles is 1. The molecule has 1 aliphatic heterocycles. The normalized spacial score (nSPS) is 16.5. The van der Waals surface area contributed by atoms with Gasteiger partial charge in [-0.3, -0.25) is 0 Å². The molecule has 2 aromatic carbocycles. The summed E-state index contributed by atoms with van der Waals surface area (Å²) in [7, 11) is 0. The van der Waals surface area contributed by atoms with Gasteiger partial charge in [-0.25, -0.2) is 4.79 Å². The van der Waals surface area contributed by atoms with Gasteiger partial charge in [-0.2, -0.15) is 5.26 Å². The van der Waals surface area contributed by atoms with E-state index in [4.69, 9.17) is 5.26 Å². The van der Waals surface area contributed by atoms with Gasteiger partial charge in [-0.05, 0) is 36.1 Å². The number of carbonyl (C=O) groups is 1. The van der Waals surface area contributed by atoms with Crippen LogP contribution in [0, 0.1) is 11.5 Å². The SMILES string of the molecule is N#CN1CCC(NC(=O)Nc2cccc(Cc3ccccc3)c2)C1. The van der Waals surface area contributed by atoms with Crippen LogP contribution in [0.4, 0.5) is 10.5 Å². The van der Waals surface area contributed by atoms with Crippen molar-refractivity contribution >= 4 is 11.7 Å². The molecular formula is C19H20N4O. The molecule has 1 atom stereocenters. The molecule has 2 aromatic rings. The number of urea groups is 1. The Kier molecular flexibility index (Phi) is 4.97. The van der Waals surface area contributed by atoms with E-state index in [1.54, 1.807) is 4.90 Å². The van der Waals surface area contributed by atoms with Gasteiger partial charge in [0, 0.05) is 18.8 Å². The first-order valence-corrected chi connectivity index (χ1v) is 8.08. The summed E-state index contributed by atoms with van der Waals surface area (Å²) >= 11 is 0. The zero-order chi connectivity index (χ0) is 16.8. The molecule has 3 rings (SSSR count). The number of benzene rings is 2. The third-order valence-corrected chi connectivity index (χ3v) is 4.10. The summed E-state index contributed by atoms with van der Waals surface area (Å²) in [6.07, 6.45) is 3.74. The second-order valence-electron chi connectivity index (χ2n) is 5.99. The van der Waals surface area contributed by atoms with Crippen LogP contribution in [-0.4, -0.2) is 30.1 Å². The average Bonchev–Trinajstić information content (AvgIpc) is 3.03. The van der Waals surface area contributed by atoms with E-state index in [-0.39, 0.29) is 12.1 Å². The van der Waals surface area contributed by atoms with E-state index in [2.05, 4.69) is 35.0 Å². The lowest BCUT2D eigenvalue weighted by Crippen LogP contribution is -2.39. The van der Waals surface area contributed by atoms with E-state index in [0.29, 0.717) is 13.1 Å². The van der Waals surface area contributed by atoms with Crippen molar-refractivity contribution in [1.29, 1.82) is 5.26 Å². The molecule has 0 bridgehead atoms. The first-order chi connectivity index (χ1) is 11.7. The van der Waals surface area contributed by atoms with E-state index < -0.39 is 0 Å². The second-order valence-corrected chi connectivity index (χ2v) is 5.99. The molecule has 122 valence electrons. The zero-order valence-corrected chi connectivity index (χ0v) is 13.4. The van der Waals surface area contributed by atoms with Crippen LogP contribution in [0.2, 0.25) is 0 Å². The maximum absolute atomic E-state index is 12.1. The first-order valence-electron chi connectivity index (χ1n) is 8.08. The van der Waals surface area contributed by atoms with Crippen molar-refractivity contribution in [3.8, 4) is 6.19 Å². The lowest BCUT2D eigenvalue weighted by Gasteiger charge is -2.13. The van der Waals surface area contributed by atoms with Crippen LogP contribution in [0.15, 0.2) is 54.6 Å². The molecule has 5 nitrogen and oxygen atoms in total. The predicted octanol–water partition coefficient (Wildman–Crippen LogP) is 2.95. The summed E-state index contributed by atoms with van der Waals surface area (Å²) in [5.41, 5.74) is 3.16. The predicted molar refractivity (Wildman–Crippen MR) is 93.4 cm³/mol. The Hall–Kier alpha value is -3.00. The maximum atomic E-state index is 12.1. The van der Waals surface area contributed by atoms with Gasteiger partial charge in [-0.15, -0.1) is 0 Å². The molecular weight excluding hydrogens is 300 g/mol. The molecule has 0 radical (unpaired) electrons. The minimum absolute atomic E-state index is 0.0251. The molecule has 0 saturated carbocycles. The summed E-state index contributed by atoms with van der Waals surface area (Å²) < 4.78 is 0. The first kappa shape index (κ1) is 15.9. The van der Waals surface area contributed by atoms with Crippen LogP contribution in [0.3, 0.4) is 0 Å². The van der Waals surface area contributed by atoms with Crippen LogP contribution >= 0.6 is 0 Å². The number of nitrogens with zero attached hydrogens (tertiary/aromatic N) is 2. The fourth-order valence-electron chi connectivity index (χ4n) is 2.91. The van der Waals surface area contributed by atoms with Crippen LogP contribution in [0.5, 0.6) is 0 Å². The van der Waals surface area contributed by atoms with Gasteiger partial charge in [0.25, 0.3) is 0 Å². The van der Waals surface area contributed by atoms with Crippen molar-refractivity contribution in [2.24, 2.45) is 0 Å². The van der Waals surface area contributed by atoms with E-state index in [1.165, 1.54) is 5.56 Å². The highest BCUT2D eigenvalue weighted by Gasteiger charge is 2.22. The molecule has 2 amide bonds. The summed E-state index contributed by atoms with van der Waals surface area (Å²) in [6, 6.07) is 17.9. The Balaban J connectivity index is 1.56. The summed E-state index contributed by atoms with van der Waals surface area (Å²) in [4.78, 5) is 13.8. The van der Waals surface area contributed by atoms with E-state index >= 15 is 0 Å². The Morgan fingerprint density at radius 3 is 2.71 bits per heavy atom. The molecule has 1 aliphatic rings. The van der Waals surface area contributed by atoms with Gasteiger partial charge in [-0.1, -0.05) is 42.5 Å². The number of hydrogen-bond donors (Lipinski definition) is 2. The van der Waals surface area contributed by atoms with E-state index in [9.17, 15) is 4.79 Å². The van der Waals surface area contributed by atoms with Crippen molar-refractivity contribution in [2.75, 3.05) is 18.4 Å². The van der Waals surface area contributed by atoms with Crippen molar-refractivity contribution in [3.63, 3.8) is 0 Å². The summed E-state index contributed by atoms with van der Waals surface area (Å²) in [5.74, 6) is 0. The van der Waals surface area contributed by atoms with Crippen LogP contribution < -0.4 is 10.6 Å². The van der Waals surface area contributed by atoms with Crippen molar-refractivity contribution < 1.29 is 4.79 Å². The average molecular weight is 320 g/mol. The number of amides is 2. The Morgan fingerprint density at radius 2 is 1.96 bits per heavy atom. The molecule has 1 heterocycles. The van der Waals surface area contributed by atoms with Crippen LogP contribution in [0.25, 0.3) is 0 Å². The summed E-state index contributed by atoms with van der Waals surface area (Å²) in [6.45, 7) is 1.28. The monoisotopic (exact) mass is 320 g/mol. The largest absolute Gasteiger partial charge is 0.333 e. The smallest absolute Gasteiger partial charge is 0.319 e. The van der Waals surface area contributed by atoms with Crippen molar-refractivity contribution in [3.05, 3.63) is 65.7 Å². The standard InChI is InChI=1S/C19H20N4O/c20-14-23-10-9-18(13-23)22-19(24)21-17-8-4-7-16(12-17)11-15-5-2-1-3-6-15/h1-8,12,18H,9-11,13H2,(H2,21,22,24). The number of hydrogen-bond acceptors (Lipinski definition) is 3. The van der Waals surface area contributed by atoms with Crippen LogP contribution in [0.1, 0.15) is 17.5 Å².